The molecule has 3 aromatic carbocycles. The van der Waals surface area contributed by atoms with Gasteiger partial charge in [-0.1, -0.05) is 47.7 Å². The van der Waals surface area contributed by atoms with Crippen LogP contribution < -0.4 is 4.74 Å². The lowest BCUT2D eigenvalue weighted by molar-refractivity contribution is -0.100. The van der Waals surface area contributed by atoms with Gasteiger partial charge < -0.3 is 14.6 Å². The SMILES string of the molecule is CCOC(O)C[C@H](c1ccc(C)c(CN2Cc3ccccc3OC(C)(C)C2)c1)c1ccc2c(nnn2C)c1C. The molecule has 1 aliphatic rings. The summed E-state index contributed by atoms with van der Waals surface area (Å²) < 4.78 is 13.8. The molecule has 1 unspecified atom stereocenters. The number of hydrogen-bond donors (Lipinski definition) is 1. The summed E-state index contributed by atoms with van der Waals surface area (Å²) in [6.07, 6.45) is -0.400. The first-order valence-corrected chi connectivity index (χ1v) is 13.8. The van der Waals surface area contributed by atoms with E-state index in [9.17, 15) is 5.11 Å². The standard InChI is InChI=1S/C32H40N4O3/c1-7-38-30(37)17-27(26-14-15-28-31(22(26)3)33-34-35(28)6)23-13-12-21(2)25(16-23)19-36-18-24-10-8-9-11-29(24)39-32(4,5)20-36/h8-16,27,30,37H,7,17-20H2,1-6H3/t27-,30?/m1/s1. The topological polar surface area (TPSA) is 72.6 Å². The Morgan fingerprint density at radius 3 is 2.69 bits per heavy atom. The molecule has 7 heteroatoms. The van der Waals surface area contributed by atoms with Crippen LogP contribution in [0.1, 0.15) is 66.5 Å². The summed E-state index contributed by atoms with van der Waals surface area (Å²) in [5.74, 6) is 0.914. The van der Waals surface area contributed by atoms with Crippen LogP contribution in [0.5, 0.6) is 5.75 Å². The molecule has 1 aromatic heterocycles. The van der Waals surface area contributed by atoms with Gasteiger partial charge in [0.1, 0.15) is 16.9 Å². The molecule has 0 saturated heterocycles. The van der Waals surface area contributed by atoms with E-state index in [0.29, 0.717) is 13.0 Å². The quantitative estimate of drug-likeness (QED) is 0.299. The molecule has 0 radical (unpaired) electrons. The zero-order valence-electron chi connectivity index (χ0n) is 23.9. The van der Waals surface area contributed by atoms with Crippen molar-refractivity contribution in [1.29, 1.82) is 0 Å². The summed E-state index contributed by atoms with van der Waals surface area (Å²) in [6, 6.07) is 19.3. The molecule has 0 fully saturated rings. The molecule has 39 heavy (non-hydrogen) atoms. The van der Waals surface area contributed by atoms with Gasteiger partial charge >= 0.3 is 0 Å². The number of hydrogen-bond acceptors (Lipinski definition) is 6. The van der Waals surface area contributed by atoms with Crippen molar-refractivity contribution in [2.45, 2.75) is 71.9 Å². The fraction of sp³-hybridized carbons (Fsp3) is 0.438. The molecule has 7 nitrogen and oxygen atoms in total. The van der Waals surface area contributed by atoms with Crippen LogP contribution >= 0.6 is 0 Å². The van der Waals surface area contributed by atoms with Crippen LogP contribution in [-0.2, 0) is 24.9 Å². The van der Waals surface area contributed by atoms with Crippen molar-refractivity contribution in [3.63, 3.8) is 0 Å². The first-order chi connectivity index (χ1) is 18.6. The van der Waals surface area contributed by atoms with Crippen molar-refractivity contribution >= 4 is 11.0 Å². The number of fused-ring (bicyclic) bond motifs is 2. The highest BCUT2D eigenvalue weighted by atomic mass is 16.6. The van der Waals surface area contributed by atoms with Crippen molar-refractivity contribution in [3.8, 4) is 5.75 Å². The molecule has 1 aliphatic heterocycles. The van der Waals surface area contributed by atoms with E-state index in [1.54, 1.807) is 4.68 Å². The molecule has 206 valence electrons. The highest BCUT2D eigenvalue weighted by Gasteiger charge is 2.30. The smallest absolute Gasteiger partial charge is 0.155 e. The molecule has 0 bridgehead atoms. The number of benzene rings is 3. The van der Waals surface area contributed by atoms with Crippen LogP contribution in [0.3, 0.4) is 0 Å². The Kier molecular flexibility index (Phi) is 7.76. The normalized spacial score (nSPS) is 16.9. The van der Waals surface area contributed by atoms with Crippen LogP contribution in [0, 0.1) is 13.8 Å². The summed E-state index contributed by atoms with van der Waals surface area (Å²) in [5, 5.41) is 19.4. The Hall–Kier alpha value is -3.26. The fourth-order valence-corrected chi connectivity index (χ4v) is 5.86. The lowest BCUT2D eigenvalue weighted by Gasteiger charge is -2.30. The van der Waals surface area contributed by atoms with Crippen LogP contribution in [0.4, 0.5) is 0 Å². The lowest BCUT2D eigenvalue weighted by Crippen LogP contribution is -2.40. The maximum absolute atomic E-state index is 10.7. The molecule has 2 heterocycles. The van der Waals surface area contributed by atoms with E-state index in [-0.39, 0.29) is 11.5 Å². The number of nitrogens with zero attached hydrogens (tertiary/aromatic N) is 4. The van der Waals surface area contributed by atoms with Gasteiger partial charge in [0.2, 0.25) is 0 Å². The lowest BCUT2D eigenvalue weighted by atomic mass is 9.84. The van der Waals surface area contributed by atoms with Crippen molar-refractivity contribution in [1.82, 2.24) is 19.9 Å². The summed E-state index contributed by atoms with van der Waals surface area (Å²) in [7, 11) is 1.91. The second kappa shape index (κ2) is 11.1. The van der Waals surface area contributed by atoms with E-state index < -0.39 is 6.29 Å². The largest absolute Gasteiger partial charge is 0.486 e. The number of aliphatic hydroxyl groups is 1. The molecule has 4 aromatic rings. The van der Waals surface area contributed by atoms with Gasteiger partial charge in [-0.05, 0) is 74.6 Å². The highest BCUT2D eigenvalue weighted by molar-refractivity contribution is 5.79. The van der Waals surface area contributed by atoms with E-state index in [4.69, 9.17) is 9.47 Å². The summed E-state index contributed by atoms with van der Waals surface area (Å²) in [4.78, 5) is 2.47. The Labute approximate surface area is 231 Å². The Bertz CT molecular complexity index is 1460. The molecule has 0 aliphatic carbocycles. The third-order valence-corrected chi connectivity index (χ3v) is 7.78. The molecule has 2 atom stereocenters. The van der Waals surface area contributed by atoms with Crippen molar-refractivity contribution in [2.24, 2.45) is 7.05 Å². The minimum Gasteiger partial charge on any atom is -0.486 e. The molecule has 0 spiro atoms. The minimum absolute atomic E-state index is 0.0538. The van der Waals surface area contributed by atoms with E-state index in [0.717, 1.165) is 53.1 Å². The van der Waals surface area contributed by atoms with Crippen LogP contribution in [0.15, 0.2) is 54.6 Å². The molecular weight excluding hydrogens is 488 g/mol. The Balaban J connectivity index is 1.51. The second-order valence-electron chi connectivity index (χ2n) is 11.4. The van der Waals surface area contributed by atoms with Gasteiger partial charge in [-0.25, -0.2) is 4.68 Å². The van der Waals surface area contributed by atoms with Gasteiger partial charge in [0.15, 0.2) is 6.29 Å². The monoisotopic (exact) mass is 528 g/mol. The van der Waals surface area contributed by atoms with Gasteiger partial charge in [0.05, 0.1) is 5.52 Å². The summed E-state index contributed by atoms with van der Waals surface area (Å²) >= 11 is 0. The zero-order chi connectivity index (χ0) is 27.7. The van der Waals surface area contributed by atoms with Crippen molar-refractivity contribution in [3.05, 3.63) is 88.0 Å². The van der Waals surface area contributed by atoms with Crippen LogP contribution in [0.2, 0.25) is 0 Å². The average molecular weight is 529 g/mol. The fourth-order valence-electron chi connectivity index (χ4n) is 5.86. The predicted octanol–water partition coefficient (Wildman–Crippen LogP) is 5.64. The number of aryl methyl sites for hydroxylation is 3. The van der Waals surface area contributed by atoms with Gasteiger partial charge in [-0.15, -0.1) is 5.10 Å². The van der Waals surface area contributed by atoms with E-state index in [1.807, 2.05) is 20.0 Å². The first-order valence-electron chi connectivity index (χ1n) is 13.8. The molecule has 1 N–H and O–H groups in total. The zero-order valence-corrected chi connectivity index (χ0v) is 23.9. The highest BCUT2D eigenvalue weighted by Crippen LogP contribution is 2.36. The van der Waals surface area contributed by atoms with E-state index in [2.05, 4.69) is 91.4 Å². The molecular formula is C32H40N4O3. The van der Waals surface area contributed by atoms with Crippen LogP contribution in [0.25, 0.3) is 11.0 Å². The summed E-state index contributed by atoms with van der Waals surface area (Å²) in [6.45, 7) is 13.4. The molecule has 0 saturated carbocycles. The number of aliphatic hydroxyl groups excluding tert-OH is 1. The number of aromatic nitrogens is 3. The molecule has 5 rings (SSSR count). The number of rotatable bonds is 8. The second-order valence-corrected chi connectivity index (χ2v) is 11.4. The van der Waals surface area contributed by atoms with E-state index in [1.165, 1.54) is 16.7 Å². The third-order valence-electron chi connectivity index (χ3n) is 7.78. The first kappa shape index (κ1) is 27.3. The number of para-hydroxylation sites is 1. The predicted molar refractivity (Wildman–Crippen MR) is 154 cm³/mol. The summed E-state index contributed by atoms with van der Waals surface area (Å²) in [5.41, 5.74) is 8.70. The Morgan fingerprint density at radius 2 is 1.90 bits per heavy atom. The third kappa shape index (κ3) is 5.86. The maximum atomic E-state index is 10.7. The van der Waals surface area contributed by atoms with Crippen molar-refractivity contribution < 1.29 is 14.6 Å². The molecule has 0 amide bonds. The van der Waals surface area contributed by atoms with Gasteiger partial charge in [-0.3, -0.25) is 4.90 Å². The average Bonchev–Trinajstić information content (AvgIpc) is 3.20. The van der Waals surface area contributed by atoms with Crippen LogP contribution in [-0.4, -0.2) is 50.0 Å². The van der Waals surface area contributed by atoms with Gasteiger partial charge in [0, 0.05) is 51.2 Å². The van der Waals surface area contributed by atoms with E-state index >= 15 is 0 Å². The minimum atomic E-state index is -0.859. The number of ether oxygens (including phenoxy) is 2. The van der Waals surface area contributed by atoms with Crippen molar-refractivity contribution in [2.75, 3.05) is 13.2 Å². The van der Waals surface area contributed by atoms with Gasteiger partial charge in [0.25, 0.3) is 0 Å². The van der Waals surface area contributed by atoms with Gasteiger partial charge in [-0.2, -0.15) is 0 Å². The Morgan fingerprint density at radius 1 is 1.10 bits per heavy atom. The maximum Gasteiger partial charge on any atom is 0.155 e.